The fraction of sp³-hybridized carbons (Fsp3) is 0.257. The molecular formula is C35H34ClNO7S. The number of ether oxygens (including phenoxy) is 3. The zero-order valence-electron chi connectivity index (χ0n) is 25.1. The first kappa shape index (κ1) is 32.2. The molecule has 0 aliphatic carbocycles. The number of esters is 1. The second-order valence-corrected chi connectivity index (χ2v) is 13.3. The third-order valence-corrected chi connectivity index (χ3v) is 10.6. The largest absolute Gasteiger partial charge is 0.497 e. The van der Waals surface area contributed by atoms with E-state index in [4.69, 9.17) is 25.8 Å². The minimum Gasteiger partial charge on any atom is -0.497 e. The quantitative estimate of drug-likeness (QED) is 0.147. The highest BCUT2D eigenvalue weighted by molar-refractivity contribution is 7.94. The van der Waals surface area contributed by atoms with Crippen LogP contribution in [0, 0.1) is 0 Å². The van der Waals surface area contributed by atoms with Crippen LogP contribution in [0.2, 0.25) is 5.02 Å². The normalized spacial score (nSPS) is 21.1. The third kappa shape index (κ3) is 6.61. The first-order valence-corrected chi connectivity index (χ1v) is 16.4. The van der Waals surface area contributed by atoms with Crippen molar-refractivity contribution >= 4 is 33.2 Å². The van der Waals surface area contributed by atoms with Gasteiger partial charge in [-0.05, 0) is 72.1 Å². The van der Waals surface area contributed by atoms with Gasteiger partial charge in [-0.2, -0.15) is 0 Å². The monoisotopic (exact) mass is 647 g/mol. The molecule has 8 nitrogen and oxygen atoms in total. The Balaban J connectivity index is 1.81. The van der Waals surface area contributed by atoms with Crippen LogP contribution in [0.25, 0.3) is 0 Å². The van der Waals surface area contributed by atoms with E-state index in [1.54, 1.807) is 55.5 Å². The van der Waals surface area contributed by atoms with Crippen molar-refractivity contribution in [1.82, 2.24) is 4.90 Å². The number of methoxy groups -OCH3 is 2. The van der Waals surface area contributed by atoms with Gasteiger partial charge < -0.3 is 14.2 Å². The summed E-state index contributed by atoms with van der Waals surface area (Å²) in [6.07, 6.45) is 0. The molecule has 0 saturated carbocycles. The van der Waals surface area contributed by atoms with Gasteiger partial charge >= 0.3 is 5.97 Å². The maximum Gasteiger partial charge on any atom is 0.326 e. The molecule has 1 saturated heterocycles. The molecule has 4 aromatic carbocycles. The van der Waals surface area contributed by atoms with Crippen molar-refractivity contribution in [2.75, 3.05) is 20.8 Å². The molecule has 0 aromatic heterocycles. The predicted octanol–water partition coefficient (Wildman–Crippen LogP) is 6.25. The number of Topliss-reactive ketones (excluding diaryl/α,β-unsaturated/α-hetero) is 1. The van der Waals surface area contributed by atoms with Crippen LogP contribution < -0.4 is 9.47 Å². The second-order valence-electron chi connectivity index (χ2n) is 10.6. The lowest BCUT2D eigenvalue weighted by Crippen LogP contribution is -2.60. The van der Waals surface area contributed by atoms with Crippen LogP contribution in [0.15, 0.2) is 103 Å². The third-order valence-electron chi connectivity index (χ3n) is 8.02. The smallest absolute Gasteiger partial charge is 0.326 e. The van der Waals surface area contributed by atoms with Crippen molar-refractivity contribution < 1.29 is 32.2 Å². The molecule has 4 aromatic rings. The lowest BCUT2D eigenvalue weighted by molar-refractivity contribution is -0.144. The second kappa shape index (κ2) is 13.9. The average Bonchev–Trinajstić information content (AvgIpc) is 3.05. The molecule has 1 heterocycles. The number of ketones is 1. The maximum absolute atomic E-state index is 14.9. The highest BCUT2D eigenvalue weighted by atomic mass is 35.5. The van der Waals surface area contributed by atoms with E-state index < -0.39 is 44.2 Å². The van der Waals surface area contributed by atoms with Crippen molar-refractivity contribution in [3.05, 3.63) is 130 Å². The molecule has 0 bridgehead atoms. The van der Waals surface area contributed by atoms with E-state index >= 15 is 0 Å². The van der Waals surface area contributed by atoms with E-state index in [0.29, 0.717) is 27.6 Å². The minimum atomic E-state index is -4.56. The number of nitrogens with zero attached hydrogens (tertiary/aromatic N) is 1. The van der Waals surface area contributed by atoms with Crippen LogP contribution in [0.3, 0.4) is 0 Å². The van der Waals surface area contributed by atoms with Crippen molar-refractivity contribution in [3.8, 4) is 11.5 Å². The summed E-state index contributed by atoms with van der Waals surface area (Å²) in [5, 5.41) is -2.95. The maximum atomic E-state index is 14.9. The zero-order chi connectivity index (χ0) is 32.1. The molecule has 1 aliphatic heterocycles. The fourth-order valence-electron chi connectivity index (χ4n) is 5.92. The van der Waals surface area contributed by atoms with Crippen LogP contribution in [-0.2, 0) is 25.9 Å². The number of hydrogen-bond donors (Lipinski definition) is 0. The van der Waals surface area contributed by atoms with Crippen LogP contribution in [0.4, 0.5) is 0 Å². The van der Waals surface area contributed by atoms with Crippen molar-refractivity contribution in [2.45, 2.75) is 36.1 Å². The Labute approximate surface area is 268 Å². The summed E-state index contributed by atoms with van der Waals surface area (Å²) in [5.41, 5.74) is 2.17. The van der Waals surface area contributed by atoms with Crippen molar-refractivity contribution in [3.63, 3.8) is 0 Å². The molecular weight excluding hydrogens is 614 g/mol. The van der Waals surface area contributed by atoms with Gasteiger partial charge in [-0.15, -0.1) is 0 Å². The summed E-state index contributed by atoms with van der Waals surface area (Å²) in [5.74, 6) is -0.419. The lowest BCUT2D eigenvalue weighted by Gasteiger charge is -2.48. The van der Waals surface area contributed by atoms with Gasteiger partial charge in [-0.1, -0.05) is 66.2 Å². The highest BCUT2D eigenvalue weighted by Gasteiger charge is 2.59. The Bertz CT molecular complexity index is 1730. The van der Waals surface area contributed by atoms with E-state index in [0.717, 1.165) is 5.56 Å². The van der Waals surface area contributed by atoms with E-state index in [1.807, 2.05) is 35.2 Å². The van der Waals surface area contributed by atoms with Gasteiger partial charge in [-0.25, -0.2) is 8.42 Å². The van der Waals surface area contributed by atoms with Crippen LogP contribution in [0.1, 0.15) is 46.1 Å². The number of benzene rings is 4. The summed E-state index contributed by atoms with van der Waals surface area (Å²) in [6.45, 7) is 1.81. The molecule has 1 aliphatic rings. The zero-order valence-corrected chi connectivity index (χ0v) is 26.7. The van der Waals surface area contributed by atoms with E-state index in [1.165, 1.54) is 38.5 Å². The van der Waals surface area contributed by atoms with Crippen LogP contribution >= 0.6 is 11.6 Å². The number of carbonyl (C=O) groups is 2. The van der Waals surface area contributed by atoms with E-state index in [9.17, 15) is 18.0 Å². The van der Waals surface area contributed by atoms with Gasteiger partial charge in [0.25, 0.3) is 0 Å². The number of hydrogen-bond acceptors (Lipinski definition) is 8. The number of sulfone groups is 1. The summed E-state index contributed by atoms with van der Waals surface area (Å²) in [7, 11) is -1.48. The molecule has 0 amide bonds. The molecule has 234 valence electrons. The Morgan fingerprint density at radius 2 is 1.24 bits per heavy atom. The van der Waals surface area contributed by atoms with Gasteiger partial charge in [0.1, 0.15) is 16.7 Å². The van der Waals surface area contributed by atoms with Gasteiger partial charge in [-0.3, -0.25) is 14.5 Å². The molecule has 1 fully saturated rings. The van der Waals surface area contributed by atoms with E-state index in [-0.39, 0.29) is 18.7 Å². The van der Waals surface area contributed by atoms with Gasteiger partial charge in [0, 0.05) is 17.1 Å². The Morgan fingerprint density at radius 1 is 0.733 bits per heavy atom. The average molecular weight is 648 g/mol. The molecule has 45 heavy (non-hydrogen) atoms. The van der Waals surface area contributed by atoms with Gasteiger partial charge in [0.2, 0.25) is 0 Å². The molecule has 0 unspecified atom stereocenters. The molecule has 10 heteroatoms. The molecule has 0 spiro atoms. The highest BCUT2D eigenvalue weighted by Crippen LogP contribution is 2.48. The van der Waals surface area contributed by atoms with Crippen molar-refractivity contribution in [2.24, 2.45) is 0 Å². The van der Waals surface area contributed by atoms with Crippen LogP contribution in [-0.4, -0.2) is 56.4 Å². The molecule has 5 rings (SSSR count). The summed E-state index contributed by atoms with van der Waals surface area (Å²) >= 11 is 6.11. The molecule has 0 radical (unpaired) electrons. The van der Waals surface area contributed by atoms with Gasteiger partial charge in [0.15, 0.2) is 20.9 Å². The Morgan fingerprint density at radius 3 is 1.73 bits per heavy atom. The minimum absolute atomic E-state index is 0.0312. The molecule has 4 atom stereocenters. The number of rotatable bonds is 10. The summed E-state index contributed by atoms with van der Waals surface area (Å²) in [4.78, 5) is 30.2. The number of carbonyl (C=O) groups excluding carboxylic acids is 2. The Hall–Kier alpha value is -4.18. The first-order chi connectivity index (χ1) is 21.7. The number of halogens is 1. The predicted molar refractivity (Wildman–Crippen MR) is 172 cm³/mol. The van der Waals surface area contributed by atoms with Crippen LogP contribution in [0.5, 0.6) is 11.5 Å². The van der Waals surface area contributed by atoms with Gasteiger partial charge in [0.05, 0.1) is 32.9 Å². The standard InChI is InChI=1S/C35H34ClNO7S/c1-4-44-35(39)34-31(25-14-20-29(43-3)21-15-25)37(22-23-8-6-5-7-9-23)30(24-12-18-28(42-2)19-13-24)33(45(34,40)41)32(38)26-10-16-27(36)17-11-26/h5-21,30-31,33-34H,4,22H2,1-3H3/t30-,31+,33+,34-/m1/s1. The van der Waals surface area contributed by atoms with Crippen molar-refractivity contribution in [1.29, 1.82) is 0 Å². The summed E-state index contributed by atoms with van der Waals surface area (Å²) < 4.78 is 46.0. The topological polar surface area (TPSA) is 99.2 Å². The lowest BCUT2D eigenvalue weighted by atomic mass is 9.90. The first-order valence-electron chi connectivity index (χ1n) is 14.5. The summed E-state index contributed by atoms with van der Waals surface area (Å²) in [6, 6.07) is 27.5. The molecule has 0 N–H and O–H groups in total. The van der Waals surface area contributed by atoms with E-state index in [2.05, 4.69) is 0 Å². The Kier molecular flexibility index (Phi) is 9.92. The SMILES string of the molecule is CCOC(=O)[C@H]1[C@H](c2ccc(OC)cc2)N(Cc2ccccc2)[C@H](c2ccc(OC)cc2)[C@@H](C(=O)c2ccc(Cl)cc2)S1(=O)=O. The fourth-order valence-corrected chi connectivity index (χ4v) is 8.48.